The van der Waals surface area contributed by atoms with Crippen molar-refractivity contribution in [1.82, 2.24) is 4.90 Å². The molecule has 1 heterocycles. The van der Waals surface area contributed by atoms with Crippen LogP contribution in [0.4, 0.5) is 0 Å². The summed E-state index contributed by atoms with van der Waals surface area (Å²) in [5.74, 6) is -0.873. The lowest BCUT2D eigenvalue weighted by molar-refractivity contribution is -0.239. The third-order valence-electron chi connectivity index (χ3n) is 2.00. The third kappa shape index (κ3) is 2.43. The molecule has 0 aromatic rings. The topological polar surface area (TPSA) is 32.7 Å². The first-order chi connectivity index (χ1) is 5.16. The van der Waals surface area contributed by atoms with Gasteiger partial charge in [0.25, 0.3) is 0 Å². The first-order valence-corrected chi connectivity index (χ1v) is 4.21. The van der Waals surface area contributed by atoms with E-state index in [1.807, 2.05) is 7.05 Å². The molecule has 1 aliphatic rings. The smallest absolute Gasteiger partial charge is 0.178 e. The number of aliphatic hydroxyl groups is 1. The van der Waals surface area contributed by atoms with Gasteiger partial charge in [-0.25, -0.2) is 0 Å². The Morgan fingerprint density at radius 2 is 2.36 bits per heavy atom. The van der Waals surface area contributed by atoms with Crippen LogP contribution in [0.5, 0.6) is 0 Å². The Kier molecular flexibility index (Phi) is 2.87. The van der Waals surface area contributed by atoms with Gasteiger partial charge in [-0.15, -0.1) is 0 Å². The highest BCUT2D eigenvalue weighted by molar-refractivity contribution is 4.75. The SMILES string of the molecule is CCCC1(O)CN(C)CCO1. The average Bonchev–Trinajstić information content (AvgIpc) is 1.86. The number of rotatable bonds is 2. The number of nitrogens with zero attached hydrogens (tertiary/aromatic N) is 1. The maximum Gasteiger partial charge on any atom is 0.178 e. The van der Waals surface area contributed by atoms with E-state index in [9.17, 15) is 5.11 Å². The van der Waals surface area contributed by atoms with Crippen LogP contribution in [0.3, 0.4) is 0 Å². The first kappa shape index (κ1) is 8.97. The highest BCUT2D eigenvalue weighted by Gasteiger charge is 2.31. The van der Waals surface area contributed by atoms with Crippen LogP contribution < -0.4 is 0 Å². The van der Waals surface area contributed by atoms with E-state index in [0.717, 1.165) is 19.4 Å². The second-order valence-corrected chi connectivity index (χ2v) is 3.28. The third-order valence-corrected chi connectivity index (χ3v) is 2.00. The summed E-state index contributed by atoms with van der Waals surface area (Å²) in [6.45, 7) is 4.26. The van der Waals surface area contributed by atoms with E-state index in [4.69, 9.17) is 4.74 Å². The van der Waals surface area contributed by atoms with Crippen molar-refractivity contribution in [1.29, 1.82) is 0 Å². The number of ether oxygens (including phenoxy) is 1. The summed E-state index contributed by atoms with van der Waals surface area (Å²) in [5.41, 5.74) is 0. The van der Waals surface area contributed by atoms with Crippen molar-refractivity contribution >= 4 is 0 Å². The van der Waals surface area contributed by atoms with Gasteiger partial charge in [0.05, 0.1) is 13.2 Å². The van der Waals surface area contributed by atoms with Crippen molar-refractivity contribution in [2.45, 2.75) is 25.6 Å². The highest BCUT2D eigenvalue weighted by Crippen LogP contribution is 2.18. The van der Waals surface area contributed by atoms with Crippen molar-refractivity contribution in [3.8, 4) is 0 Å². The maximum absolute atomic E-state index is 9.78. The normalized spacial score (nSPS) is 34.1. The van der Waals surface area contributed by atoms with E-state index in [2.05, 4.69) is 11.8 Å². The standard InChI is InChI=1S/C8H17NO2/c1-3-4-8(10)7-9(2)5-6-11-8/h10H,3-7H2,1-2H3. The number of β-amino-alcohol motifs (C(OH)–C–C–N with tert-alkyl or cyclic N) is 1. The van der Waals surface area contributed by atoms with Gasteiger partial charge in [-0.3, -0.25) is 4.90 Å². The molecule has 3 heteroatoms. The summed E-state index contributed by atoms with van der Waals surface area (Å²) in [6, 6.07) is 0. The number of morpholine rings is 1. The molecular weight excluding hydrogens is 142 g/mol. The molecule has 11 heavy (non-hydrogen) atoms. The Bertz CT molecular complexity index is 125. The monoisotopic (exact) mass is 159 g/mol. The summed E-state index contributed by atoms with van der Waals surface area (Å²) in [6.07, 6.45) is 1.70. The summed E-state index contributed by atoms with van der Waals surface area (Å²) in [7, 11) is 2.00. The van der Waals surface area contributed by atoms with Crippen molar-refractivity contribution in [2.24, 2.45) is 0 Å². The van der Waals surface area contributed by atoms with E-state index in [1.54, 1.807) is 0 Å². The molecule has 0 radical (unpaired) electrons. The van der Waals surface area contributed by atoms with Gasteiger partial charge in [-0.05, 0) is 7.05 Å². The molecule has 3 nitrogen and oxygen atoms in total. The summed E-state index contributed by atoms with van der Waals surface area (Å²) in [5, 5.41) is 9.78. The van der Waals surface area contributed by atoms with Gasteiger partial charge < -0.3 is 9.84 Å². The van der Waals surface area contributed by atoms with E-state index in [-0.39, 0.29) is 0 Å². The Labute approximate surface area is 68.0 Å². The lowest BCUT2D eigenvalue weighted by atomic mass is 10.1. The fourth-order valence-electron chi connectivity index (χ4n) is 1.48. The Balaban J connectivity index is 2.41. The lowest BCUT2D eigenvalue weighted by Crippen LogP contribution is -2.50. The van der Waals surface area contributed by atoms with E-state index in [1.165, 1.54) is 0 Å². The zero-order valence-corrected chi connectivity index (χ0v) is 7.34. The molecule has 66 valence electrons. The molecule has 0 saturated carbocycles. The summed E-state index contributed by atoms with van der Waals surface area (Å²) < 4.78 is 5.29. The van der Waals surface area contributed by atoms with Gasteiger partial charge >= 0.3 is 0 Å². The second kappa shape index (κ2) is 3.52. The van der Waals surface area contributed by atoms with Gasteiger partial charge in [-0.2, -0.15) is 0 Å². The molecule has 0 bridgehead atoms. The van der Waals surface area contributed by atoms with Crippen molar-refractivity contribution in [3.05, 3.63) is 0 Å². The number of hydrogen-bond acceptors (Lipinski definition) is 3. The van der Waals surface area contributed by atoms with E-state index in [0.29, 0.717) is 13.2 Å². The molecule has 0 aliphatic carbocycles. The van der Waals surface area contributed by atoms with Crippen LogP contribution >= 0.6 is 0 Å². The Morgan fingerprint density at radius 1 is 1.64 bits per heavy atom. The predicted molar refractivity (Wildman–Crippen MR) is 43.3 cm³/mol. The molecule has 1 fully saturated rings. The van der Waals surface area contributed by atoms with Gasteiger partial charge in [0.1, 0.15) is 0 Å². The molecular formula is C8H17NO2. The highest BCUT2D eigenvalue weighted by atomic mass is 16.6. The Morgan fingerprint density at radius 3 is 2.91 bits per heavy atom. The van der Waals surface area contributed by atoms with Crippen LogP contribution in [-0.4, -0.2) is 42.5 Å². The molecule has 1 N–H and O–H groups in total. The van der Waals surface area contributed by atoms with Crippen LogP contribution in [0, 0.1) is 0 Å². The first-order valence-electron chi connectivity index (χ1n) is 4.21. The minimum Gasteiger partial charge on any atom is -0.364 e. The van der Waals surface area contributed by atoms with Crippen molar-refractivity contribution in [2.75, 3.05) is 26.7 Å². The molecule has 0 aromatic carbocycles. The molecule has 1 atom stereocenters. The summed E-state index contributed by atoms with van der Waals surface area (Å²) in [4.78, 5) is 2.10. The molecule has 1 unspecified atom stereocenters. The Hall–Kier alpha value is -0.120. The summed E-state index contributed by atoms with van der Waals surface area (Å²) >= 11 is 0. The maximum atomic E-state index is 9.78. The largest absolute Gasteiger partial charge is 0.364 e. The molecule has 0 spiro atoms. The molecule has 1 aliphatic heterocycles. The molecule has 0 amide bonds. The predicted octanol–water partition coefficient (Wildman–Crippen LogP) is 0.437. The van der Waals surface area contributed by atoms with Gasteiger partial charge in [0.15, 0.2) is 5.79 Å². The van der Waals surface area contributed by atoms with Crippen LogP contribution in [0.1, 0.15) is 19.8 Å². The second-order valence-electron chi connectivity index (χ2n) is 3.28. The molecule has 0 aromatic heterocycles. The van der Waals surface area contributed by atoms with Crippen LogP contribution in [0.25, 0.3) is 0 Å². The lowest BCUT2D eigenvalue weighted by Gasteiger charge is -2.37. The van der Waals surface area contributed by atoms with Crippen molar-refractivity contribution in [3.63, 3.8) is 0 Å². The fraction of sp³-hybridized carbons (Fsp3) is 1.00. The molecule has 1 rings (SSSR count). The molecule has 1 saturated heterocycles. The average molecular weight is 159 g/mol. The zero-order chi connectivity index (χ0) is 8.32. The van der Waals surface area contributed by atoms with E-state index < -0.39 is 5.79 Å². The fourth-order valence-corrected chi connectivity index (χ4v) is 1.48. The minimum atomic E-state index is -0.873. The minimum absolute atomic E-state index is 0.640. The van der Waals surface area contributed by atoms with Gasteiger partial charge in [0, 0.05) is 13.0 Å². The number of likely N-dealkylation sites (N-methyl/N-ethyl adjacent to an activating group) is 1. The zero-order valence-electron chi connectivity index (χ0n) is 7.34. The van der Waals surface area contributed by atoms with Crippen LogP contribution in [-0.2, 0) is 4.74 Å². The quantitative estimate of drug-likeness (QED) is 0.634. The van der Waals surface area contributed by atoms with Crippen LogP contribution in [0.15, 0.2) is 0 Å². The number of hydrogen-bond donors (Lipinski definition) is 1. The van der Waals surface area contributed by atoms with E-state index >= 15 is 0 Å². The van der Waals surface area contributed by atoms with Gasteiger partial charge in [0.2, 0.25) is 0 Å². The van der Waals surface area contributed by atoms with Crippen LogP contribution in [0.2, 0.25) is 0 Å². The van der Waals surface area contributed by atoms with Gasteiger partial charge in [-0.1, -0.05) is 13.3 Å². The van der Waals surface area contributed by atoms with Crippen molar-refractivity contribution < 1.29 is 9.84 Å².